The Labute approximate surface area is 216 Å². The molecule has 0 saturated carbocycles. The molecule has 2 aromatic heterocycles. The van der Waals surface area contributed by atoms with E-state index in [9.17, 15) is 4.79 Å². The lowest BCUT2D eigenvalue weighted by molar-refractivity contribution is -0.143. The SMILES string of the molecule is CC#C[C@@H](CC(=O)OCC)c1ccc(OCc2ccc3scc(-c4ccc(OC)nc4C)c3c2)cc1. The molecule has 0 aliphatic carbocycles. The van der Waals surface area contributed by atoms with Crippen molar-refractivity contribution in [2.45, 2.75) is 39.7 Å². The number of ether oxygens (including phenoxy) is 3. The first-order valence-electron chi connectivity index (χ1n) is 11.8. The van der Waals surface area contributed by atoms with Gasteiger partial charge in [0.15, 0.2) is 0 Å². The molecule has 0 aliphatic rings. The van der Waals surface area contributed by atoms with Gasteiger partial charge in [0.2, 0.25) is 5.88 Å². The summed E-state index contributed by atoms with van der Waals surface area (Å²) < 4.78 is 17.6. The number of esters is 1. The Hall–Kier alpha value is -3.82. The van der Waals surface area contributed by atoms with Crippen molar-refractivity contribution in [2.75, 3.05) is 13.7 Å². The Morgan fingerprint density at radius 1 is 1.08 bits per heavy atom. The van der Waals surface area contributed by atoms with Crippen LogP contribution in [-0.4, -0.2) is 24.7 Å². The van der Waals surface area contributed by atoms with Crippen LogP contribution in [0.4, 0.5) is 0 Å². The third-order valence-corrected chi connectivity index (χ3v) is 6.84. The fraction of sp³-hybridized carbons (Fsp3) is 0.267. The number of fused-ring (bicyclic) bond motifs is 1. The molecule has 4 rings (SSSR count). The monoisotopic (exact) mass is 499 g/mol. The number of pyridine rings is 1. The molecule has 0 N–H and O–H groups in total. The summed E-state index contributed by atoms with van der Waals surface area (Å²) in [5.74, 6) is 6.96. The molecule has 0 radical (unpaired) electrons. The first-order chi connectivity index (χ1) is 17.5. The van der Waals surface area contributed by atoms with E-state index in [1.165, 1.54) is 15.6 Å². The fourth-order valence-electron chi connectivity index (χ4n) is 4.09. The Morgan fingerprint density at radius 3 is 2.58 bits per heavy atom. The van der Waals surface area contributed by atoms with Gasteiger partial charge in [0.1, 0.15) is 12.4 Å². The van der Waals surface area contributed by atoms with Gasteiger partial charge in [0.25, 0.3) is 0 Å². The van der Waals surface area contributed by atoms with Crippen LogP contribution in [0.3, 0.4) is 0 Å². The molecule has 0 bridgehead atoms. The standard InChI is InChI=1S/C30H29NO4S/c1-5-7-23(17-30(32)34-6-2)22-9-11-24(12-10-22)35-18-21-8-14-28-26(16-21)27(19-36-28)25-13-15-29(33-4)31-20(25)3/h8-16,19,23H,6,17-18H2,1-4H3/t23-/m0/s1. The van der Waals surface area contributed by atoms with Gasteiger partial charge in [-0.2, -0.15) is 0 Å². The lowest BCUT2D eigenvalue weighted by atomic mass is 9.96. The van der Waals surface area contributed by atoms with Crippen LogP contribution in [0, 0.1) is 18.8 Å². The van der Waals surface area contributed by atoms with Crippen molar-refractivity contribution < 1.29 is 19.0 Å². The lowest BCUT2D eigenvalue weighted by Crippen LogP contribution is -2.09. The molecule has 0 fully saturated rings. The molecular formula is C30H29NO4S. The predicted octanol–water partition coefficient (Wildman–Crippen LogP) is 6.92. The molecule has 0 aliphatic heterocycles. The third kappa shape index (κ3) is 5.87. The van der Waals surface area contributed by atoms with Crippen molar-refractivity contribution in [1.29, 1.82) is 0 Å². The highest BCUT2D eigenvalue weighted by molar-refractivity contribution is 7.17. The van der Waals surface area contributed by atoms with Gasteiger partial charge in [-0.05, 0) is 67.6 Å². The second kappa shape index (κ2) is 11.7. The molecule has 0 saturated heterocycles. The number of thiophene rings is 1. The molecular weight excluding hydrogens is 470 g/mol. The van der Waals surface area contributed by atoms with Crippen LogP contribution in [0.5, 0.6) is 11.6 Å². The van der Waals surface area contributed by atoms with Crippen molar-refractivity contribution in [3.8, 4) is 34.6 Å². The number of hydrogen-bond donors (Lipinski definition) is 0. The van der Waals surface area contributed by atoms with Gasteiger partial charge >= 0.3 is 5.97 Å². The zero-order valence-electron chi connectivity index (χ0n) is 21.0. The summed E-state index contributed by atoms with van der Waals surface area (Å²) in [5, 5.41) is 3.36. The van der Waals surface area contributed by atoms with Crippen molar-refractivity contribution in [3.05, 3.63) is 76.8 Å². The van der Waals surface area contributed by atoms with Gasteiger partial charge in [0.05, 0.1) is 26.1 Å². The lowest BCUT2D eigenvalue weighted by Gasteiger charge is -2.12. The summed E-state index contributed by atoms with van der Waals surface area (Å²) in [6.07, 6.45) is 0.237. The highest BCUT2D eigenvalue weighted by atomic mass is 32.1. The molecule has 0 unspecified atom stereocenters. The second-order valence-corrected chi connectivity index (χ2v) is 9.19. The van der Waals surface area contributed by atoms with E-state index in [1.54, 1.807) is 32.3 Å². The maximum atomic E-state index is 11.9. The molecule has 6 heteroatoms. The van der Waals surface area contributed by atoms with Crippen molar-refractivity contribution >= 4 is 27.4 Å². The molecule has 5 nitrogen and oxygen atoms in total. The maximum absolute atomic E-state index is 11.9. The first-order valence-corrected chi connectivity index (χ1v) is 12.7. The summed E-state index contributed by atoms with van der Waals surface area (Å²) in [5.41, 5.74) is 5.26. The Balaban J connectivity index is 1.48. The van der Waals surface area contributed by atoms with Crippen LogP contribution in [0.1, 0.15) is 43.0 Å². The molecule has 1 atom stereocenters. The van der Waals surface area contributed by atoms with E-state index in [0.29, 0.717) is 19.1 Å². The molecule has 4 aromatic rings. The number of aromatic nitrogens is 1. The minimum atomic E-state index is -0.241. The van der Waals surface area contributed by atoms with E-state index in [4.69, 9.17) is 14.2 Å². The highest BCUT2D eigenvalue weighted by Gasteiger charge is 2.15. The number of hydrogen-bond acceptors (Lipinski definition) is 6. The molecule has 184 valence electrons. The number of nitrogens with zero attached hydrogens (tertiary/aromatic N) is 1. The van der Waals surface area contributed by atoms with E-state index in [-0.39, 0.29) is 18.3 Å². The van der Waals surface area contributed by atoms with E-state index in [2.05, 4.69) is 46.5 Å². The van der Waals surface area contributed by atoms with E-state index < -0.39 is 0 Å². The van der Waals surface area contributed by atoms with Gasteiger partial charge in [-0.15, -0.1) is 17.3 Å². The summed E-state index contributed by atoms with van der Waals surface area (Å²) in [6.45, 7) is 6.40. The maximum Gasteiger partial charge on any atom is 0.307 e. The molecule has 0 amide bonds. The quantitative estimate of drug-likeness (QED) is 0.185. The molecule has 36 heavy (non-hydrogen) atoms. The van der Waals surface area contributed by atoms with Crippen LogP contribution >= 0.6 is 11.3 Å². The van der Waals surface area contributed by atoms with Crippen molar-refractivity contribution in [2.24, 2.45) is 0 Å². The zero-order valence-corrected chi connectivity index (χ0v) is 21.8. The number of carbonyl (C=O) groups is 1. The number of rotatable bonds is 9. The summed E-state index contributed by atoms with van der Waals surface area (Å²) in [7, 11) is 1.63. The van der Waals surface area contributed by atoms with Crippen LogP contribution in [0.15, 0.2) is 60.0 Å². The average Bonchev–Trinajstić information content (AvgIpc) is 3.30. The Morgan fingerprint density at radius 2 is 1.89 bits per heavy atom. The summed E-state index contributed by atoms with van der Waals surface area (Å²) in [6, 6.07) is 18.1. The smallest absolute Gasteiger partial charge is 0.307 e. The molecule has 2 heterocycles. The van der Waals surface area contributed by atoms with Crippen molar-refractivity contribution in [1.82, 2.24) is 4.98 Å². The van der Waals surface area contributed by atoms with Gasteiger partial charge < -0.3 is 14.2 Å². The zero-order chi connectivity index (χ0) is 25.5. The van der Waals surface area contributed by atoms with Crippen LogP contribution in [-0.2, 0) is 16.1 Å². The topological polar surface area (TPSA) is 57.7 Å². The predicted molar refractivity (Wildman–Crippen MR) is 145 cm³/mol. The largest absolute Gasteiger partial charge is 0.489 e. The summed E-state index contributed by atoms with van der Waals surface area (Å²) >= 11 is 1.72. The normalized spacial score (nSPS) is 11.4. The highest BCUT2D eigenvalue weighted by Crippen LogP contribution is 2.36. The third-order valence-electron chi connectivity index (χ3n) is 5.88. The van der Waals surface area contributed by atoms with E-state index in [0.717, 1.165) is 28.1 Å². The Kier molecular flexibility index (Phi) is 8.24. The molecule has 2 aromatic carbocycles. The first kappa shape index (κ1) is 25.3. The molecule has 0 spiro atoms. The number of methoxy groups -OCH3 is 1. The van der Waals surface area contributed by atoms with Gasteiger partial charge in [-0.3, -0.25) is 4.79 Å². The van der Waals surface area contributed by atoms with Crippen LogP contribution in [0.25, 0.3) is 21.2 Å². The Bertz CT molecular complexity index is 1410. The van der Waals surface area contributed by atoms with Gasteiger partial charge in [0, 0.05) is 33.0 Å². The minimum absolute atomic E-state index is 0.196. The van der Waals surface area contributed by atoms with Gasteiger partial charge in [-0.25, -0.2) is 4.98 Å². The van der Waals surface area contributed by atoms with Crippen LogP contribution < -0.4 is 9.47 Å². The fourth-order valence-corrected chi connectivity index (χ4v) is 5.03. The second-order valence-electron chi connectivity index (χ2n) is 8.28. The van der Waals surface area contributed by atoms with E-state index >= 15 is 0 Å². The number of benzene rings is 2. The van der Waals surface area contributed by atoms with Crippen molar-refractivity contribution in [3.63, 3.8) is 0 Å². The van der Waals surface area contributed by atoms with Crippen LogP contribution in [0.2, 0.25) is 0 Å². The minimum Gasteiger partial charge on any atom is -0.489 e. The number of aryl methyl sites for hydroxylation is 1. The average molecular weight is 500 g/mol. The number of carbonyl (C=O) groups excluding carboxylic acids is 1. The van der Waals surface area contributed by atoms with Gasteiger partial charge in [-0.1, -0.05) is 24.1 Å². The van der Waals surface area contributed by atoms with E-state index in [1.807, 2.05) is 37.3 Å². The summed E-state index contributed by atoms with van der Waals surface area (Å²) in [4.78, 5) is 16.5.